The third-order valence-corrected chi connectivity index (χ3v) is 5.06. The molecular weight excluding hydrogens is 355 g/mol. The van der Waals surface area contributed by atoms with E-state index >= 15 is 0 Å². The number of anilines is 1. The zero-order valence-electron chi connectivity index (χ0n) is 13.0. The van der Waals surface area contributed by atoms with Gasteiger partial charge in [-0.1, -0.05) is 24.3 Å². The molecule has 0 amide bonds. The van der Waals surface area contributed by atoms with Crippen molar-refractivity contribution in [2.75, 3.05) is 18.0 Å². The normalized spacial score (nSPS) is 11.0. The van der Waals surface area contributed by atoms with E-state index in [0.717, 1.165) is 31.4 Å². The zero-order chi connectivity index (χ0) is 18.6. The van der Waals surface area contributed by atoms with Crippen LogP contribution in [0.5, 0.6) is 0 Å². The molecule has 0 aliphatic carbocycles. The van der Waals surface area contributed by atoms with E-state index < -0.39 is 49.5 Å². The first-order chi connectivity index (χ1) is 11.8. The molecule has 0 aromatic heterocycles. The van der Waals surface area contributed by atoms with Crippen molar-refractivity contribution in [2.45, 2.75) is 4.90 Å². The van der Waals surface area contributed by atoms with Crippen molar-refractivity contribution in [3.05, 3.63) is 64.5 Å². The van der Waals surface area contributed by atoms with Gasteiger partial charge in [0.1, 0.15) is 12.4 Å². The number of esters is 1. The van der Waals surface area contributed by atoms with Gasteiger partial charge in [0, 0.05) is 6.07 Å². The summed E-state index contributed by atoms with van der Waals surface area (Å²) in [5, 5.41) is 11.1. The summed E-state index contributed by atoms with van der Waals surface area (Å²) >= 11 is 0. The Morgan fingerprint density at radius 3 is 2.40 bits per heavy atom. The molecule has 0 bridgehead atoms. The number of hydrogen-bond donors (Lipinski definition) is 0. The second kappa shape index (κ2) is 7.26. The standard InChI is InChI=1S/C15H13FN2O6S/c1-24-15(19)10-17(12-7-3-2-6-11(12)16)25(22,23)14-9-5-4-8-13(14)18(20)21/h2-9H,10H2,1H3. The van der Waals surface area contributed by atoms with Crippen LogP contribution < -0.4 is 4.31 Å². The fourth-order valence-electron chi connectivity index (χ4n) is 2.08. The van der Waals surface area contributed by atoms with E-state index in [9.17, 15) is 27.7 Å². The van der Waals surface area contributed by atoms with Crippen molar-refractivity contribution < 1.29 is 27.3 Å². The van der Waals surface area contributed by atoms with Gasteiger partial charge in [0.15, 0.2) is 4.90 Å². The van der Waals surface area contributed by atoms with Gasteiger partial charge < -0.3 is 4.74 Å². The average Bonchev–Trinajstić information content (AvgIpc) is 2.60. The van der Waals surface area contributed by atoms with Crippen LogP contribution in [0.4, 0.5) is 15.8 Å². The molecule has 0 saturated heterocycles. The second-order valence-corrected chi connectivity index (χ2v) is 6.59. The highest BCUT2D eigenvalue weighted by Gasteiger charge is 2.34. The van der Waals surface area contributed by atoms with E-state index in [4.69, 9.17) is 0 Å². The Kier molecular flexibility index (Phi) is 5.32. The molecule has 0 heterocycles. The number of benzene rings is 2. The summed E-state index contributed by atoms with van der Waals surface area (Å²) in [6.07, 6.45) is 0. The SMILES string of the molecule is COC(=O)CN(c1ccccc1F)S(=O)(=O)c1ccccc1[N+](=O)[O-]. The first-order valence-electron chi connectivity index (χ1n) is 6.86. The van der Waals surface area contributed by atoms with Gasteiger partial charge in [-0.05, 0) is 18.2 Å². The lowest BCUT2D eigenvalue weighted by Crippen LogP contribution is -2.37. The van der Waals surface area contributed by atoms with Gasteiger partial charge in [0.2, 0.25) is 0 Å². The third-order valence-electron chi connectivity index (χ3n) is 3.25. The van der Waals surface area contributed by atoms with Crippen molar-refractivity contribution in [1.82, 2.24) is 0 Å². The van der Waals surface area contributed by atoms with Crippen molar-refractivity contribution in [1.29, 1.82) is 0 Å². The maximum absolute atomic E-state index is 14.1. The number of halogens is 1. The smallest absolute Gasteiger partial charge is 0.326 e. The molecule has 0 N–H and O–H groups in total. The van der Waals surface area contributed by atoms with Crippen LogP contribution in [-0.2, 0) is 19.6 Å². The highest BCUT2D eigenvalue weighted by molar-refractivity contribution is 7.93. The minimum absolute atomic E-state index is 0.425. The van der Waals surface area contributed by atoms with Crippen LogP contribution in [0.25, 0.3) is 0 Å². The van der Waals surface area contributed by atoms with Gasteiger partial charge in [-0.3, -0.25) is 19.2 Å². The molecule has 8 nitrogen and oxygen atoms in total. The van der Waals surface area contributed by atoms with Gasteiger partial charge >= 0.3 is 5.97 Å². The highest BCUT2D eigenvalue weighted by Crippen LogP contribution is 2.30. The minimum Gasteiger partial charge on any atom is -0.468 e. The molecule has 0 aliphatic heterocycles. The molecule has 0 spiro atoms. The number of rotatable bonds is 6. The van der Waals surface area contributed by atoms with E-state index in [-0.39, 0.29) is 0 Å². The van der Waals surface area contributed by atoms with Gasteiger partial charge in [-0.2, -0.15) is 0 Å². The molecule has 0 unspecified atom stereocenters. The molecule has 25 heavy (non-hydrogen) atoms. The summed E-state index contributed by atoms with van der Waals surface area (Å²) in [4.78, 5) is 21.2. The lowest BCUT2D eigenvalue weighted by atomic mass is 10.3. The molecule has 0 aliphatic rings. The van der Waals surface area contributed by atoms with Crippen LogP contribution >= 0.6 is 0 Å². The number of methoxy groups -OCH3 is 1. The quantitative estimate of drug-likeness (QED) is 0.439. The van der Waals surface area contributed by atoms with Crippen molar-refractivity contribution in [2.24, 2.45) is 0 Å². The molecule has 0 saturated carbocycles. The average molecular weight is 368 g/mol. The number of ether oxygens (including phenoxy) is 1. The first kappa shape index (κ1) is 18.3. The Balaban J connectivity index is 2.67. The molecule has 10 heteroatoms. The lowest BCUT2D eigenvalue weighted by molar-refractivity contribution is -0.387. The Hall–Kier alpha value is -3.01. The molecule has 132 valence electrons. The van der Waals surface area contributed by atoms with E-state index in [2.05, 4.69) is 4.74 Å². The van der Waals surface area contributed by atoms with Crippen molar-refractivity contribution >= 4 is 27.4 Å². The van der Waals surface area contributed by atoms with E-state index in [0.29, 0.717) is 4.31 Å². The second-order valence-electron chi connectivity index (χ2n) is 4.76. The lowest BCUT2D eigenvalue weighted by Gasteiger charge is -2.23. The molecule has 0 atom stereocenters. The largest absolute Gasteiger partial charge is 0.468 e. The Morgan fingerprint density at radius 1 is 1.20 bits per heavy atom. The highest BCUT2D eigenvalue weighted by atomic mass is 32.2. The van der Waals surface area contributed by atoms with Gasteiger partial charge in [-0.15, -0.1) is 0 Å². The van der Waals surface area contributed by atoms with Crippen LogP contribution in [-0.4, -0.2) is 33.0 Å². The summed E-state index contributed by atoms with van der Waals surface area (Å²) in [6, 6.07) is 9.47. The number of carbonyl (C=O) groups excluding carboxylic acids is 1. The van der Waals surface area contributed by atoms with Crippen molar-refractivity contribution in [3.63, 3.8) is 0 Å². The third kappa shape index (κ3) is 3.74. The summed E-state index contributed by atoms with van der Waals surface area (Å²) in [5.41, 5.74) is -1.11. The van der Waals surface area contributed by atoms with E-state index in [1.807, 2.05) is 0 Å². The van der Waals surface area contributed by atoms with Crippen molar-refractivity contribution in [3.8, 4) is 0 Å². The van der Waals surface area contributed by atoms with Crippen LogP contribution in [0.3, 0.4) is 0 Å². The fraction of sp³-hybridized carbons (Fsp3) is 0.133. The number of para-hydroxylation sites is 2. The van der Waals surface area contributed by atoms with Gasteiger partial charge in [-0.25, -0.2) is 12.8 Å². The number of nitro groups is 1. The maximum Gasteiger partial charge on any atom is 0.326 e. The minimum atomic E-state index is -4.61. The van der Waals surface area contributed by atoms with E-state index in [1.165, 1.54) is 24.3 Å². The molecular formula is C15H13FN2O6S. The maximum atomic E-state index is 14.1. The van der Waals surface area contributed by atoms with Crippen LogP contribution in [0.1, 0.15) is 0 Å². The van der Waals surface area contributed by atoms with Crippen LogP contribution in [0.2, 0.25) is 0 Å². The number of hydrogen-bond acceptors (Lipinski definition) is 6. The van der Waals surface area contributed by atoms with Crippen LogP contribution in [0, 0.1) is 15.9 Å². The van der Waals surface area contributed by atoms with Crippen LogP contribution in [0.15, 0.2) is 53.4 Å². The summed E-state index contributed by atoms with van der Waals surface area (Å²) in [5.74, 6) is -1.86. The summed E-state index contributed by atoms with van der Waals surface area (Å²) < 4.78 is 44.8. The first-order valence-corrected chi connectivity index (χ1v) is 8.30. The number of nitrogens with zero attached hydrogens (tertiary/aromatic N) is 2. The topological polar surface area (TPSA) is 107 Å². The molecule has 0 radical (unpaired) electrons. The predicted octanol–water partition coefficient (Wildman–Crippen LogP) is 2.10. The monoisotopic (exact) mass is 368 g/mol. The zero-order valence-corrected chi connectivity index (χ0v) is 13.8. The number of carbonyl (C=O) groups is 1. The van der Waals surface area contributed by atoms with Gasteiger partial charge in [0.25, 0.3) is 15.7 Å². The Bertz CT molecular complexity index is 916. The Labute approximate surface area is 142 Å². The molecule has 0 fully saturated rings. The van der Waals surface area contributed by atoms with Gasteiger partial charge in [0.05, 0.1) is 17.7 Å². The summed E-state index contributed by atoms with van der Waals surface area (Å²) in [7, 11) is -3.57. The van der Waals surface area contributed by atoms with E-state index in [1.54, 1.807) is 0 Å². The molecule has 2 aromatic rings. The predicted molar refractivity (Wildman–Crippen MR) is 86.0 cm³/mol. The molecule has 2 aromatic carbocycles. The fourth-order valence-corrected chi connectivity index (χ4v) is 3.66. The Morgan fingerprint density at radius 2 is 1.80 bits per heavy atom. The summed E-state index contributed by atoms with van der Waals surface area (Å²) in [6.45, 7) is -0.841. The number of nitro benzene ring substituents is 1. The molecule has 2 rings (SSSR count). The number of sulfonamides is 1.